The molecule has 5 heteroatoms. The Morgan fingerprint density at radius 2 is 2.31 bits per heavy atom. The van der Waals surface area contributed by atoms with Crippen LogP contribution in [0.4, 0.5) is 5.13 Å². The molecule has 1 aliphatic rings. The van der Waals surface area contributed by atoms with Gasteiger partial charge in [-0.05, 0) is 13.8 Å². The summed E-state index contributed by atoms with van der Waals surface area (Å²) in [5.41, 5.74) is 7.03. The van der Waals surface area contributed by atoms with Crippen LogP contribution in [0.5, 0.6) is 0 Å². The molecule has 2 rings (SSSR count). The normalized spacial score (nSPS) is 23.5. The Morgan fingerprint density at radius 1 is 1.56 bits per heavy atom. The van der Waals surface area contributed by atoms with Crippen molar-refractivity contribution in [2.45, 2.75) is 32.1 Å². The highest BCUT2D eigenvalue weighted by Gasteiger charge is 2.21. The van der Waals surface area contributed by atoms with Gasteiger partial charge in [-0.3, -0.25) is 0 Å². The Balaban J connectivity index is 2.17. The van der Waals surface area contributed by atoms with Gasteiger partial charge in [0.25, 0.3) is 0 Å². The molecule has 0 spiro atoms. The average Bonchev–Trinajstić information content (AvgIpc) is 2.60. The molecule has 2 unspecified atom stereocenters. The lowest BCUT2D eigenvalue weighted by Gasteiger charge is -2.30. The predicted octanol–water partition coefficient (Wildman–Crippen LogP) is 2.41. The Hall–Kier alpha value is -0.260. The largest absolute Gasteiger partial charge is 0.346 e. The molecule has 0 aromatic carbocycles. The van der Waals surface area contributed by atoms with Gasteiger partial charge in [0.05, 0.1) is 5.69 Å². The molecule has 3 nitrogen and oxygen atoms in total. The second-order valence-corrected chi connectivity index (χ2v) is 6.92. The van der Waals surface area contributed by atoms with E-state index in [4.69, 9.17) is 5.73 Å². The summed E-state index contributed by atoms with van der Waals surface area (Å²) >= 11 is 3.80. The fourth-order valence-corrected chi connectivity index (χ4v) is 4.01. The predicted molar refractivity (Wildman–Crippen MR) is 73.6 cm³/mol. The van der Waals surface area contributed by atoms with Gasteiger partial charge in [0.1, 0.15) is 0 Å². The molecule has 0 aliphatic carbocycles. The minimum absolute atomic E-state index is 0.0999. The summed E-state index contributed by atoms with van der Waals surface area (Å²) in [4.78, 5) is 8.26. The highest BCUT2D eigenvalue weighted by atomic mass is 32.2. The molecule has 0 amide bonds. The Bertz CT molecular complexity index is 362. The zero-order valence-corrected chi connectivity index (χ0v) is 11.7. The third-order valence-corrected chi connectivity index (χ3v) is 5.30. The molecule has 0 bridgehead atoms. The van der Waals surface area contributed by atoms with E-state index < -0.39 is 0 Å². The van der Waals surface area contributed by atoms with Crippen LogP contribution in [0, 0.1) is 6.92 Å². The fraction of sp³-hybridized carbons (Fsp3) is 0.727. The van der Waals surface area contributed by atoms with Crippen molar-refractivity contribution in [2.24, 2.45) is 5.73 Å². The van der Waals surface area contributed by atoms with Gasteiger partial charge in [-0.25, -0.2) is 4.98 Å². The summed E-state index contributed by atoms with van der Waals surface area (Å²) in [6.45, 7) is 8.58. The van der Waals surface area contributed by atoms with Gasteiger partial charge >= 0.3 is 0 Å². The molecule has 0 radical (unpaired) electrons. The lowest BCUT2D eigenvalue weighted by atomic mass is 10.2. The highest BCUT2D eigenvalue weighted by molar-refractivity contribution is 8.00. The van der Waals surface area contributed by atoms with Crippen LogP contribution in [0.2, 0.25) is 0 Å². The number of rotatable bonds is 2. The number of hydrogen-bond donors (Lipinski definition) is 1. The molecule has 1 saturated heterocycles. The second-order valence-electron chi connectivity index (χ2n) is 4.36. The van der Waals surface area contributed by atoms with Gasteiger partial charge < -0.3 is 10.6 Å². The number of aromatic nitrogens is 1. The first-order valence-electron chi connectivity index (χ1n) is 5.67. The quantitative estimate of drug-likeness (QED) is 0.883. The van der Waals surface area contributed by atoms with Crippen molar-refractivity contribution in [2.75, 3.05) is 23.7 Å². The molecule has 16 heavy (non-hydrogen) atoms. The molecule has 2 heterocycles. The lowest BCUT2D eigenvalue weighted by Crippen LogP contribution is -2.36. The molecular formula is C11H19N3S2. The minimum Gasteiger partial charge on any atom is -0.346 e. The molecule has 1 aromatic heterocycles. The van der Waals surface area contributed by atoms with E-state index in [0.717, 1.165) is 23.9 Å². The van der Waals surface area contributed by atoms with Gasteiger partial charge in [0, 0.05) is 35.0 Å². The van der Waals surface area contributed by atoms with Gasteiger partial charge in [-0.2, -0.15) is 11.8 Å². The van der Waals surface area contributed by atoms with Crippen LogP contribution in [0.15, 0.2) is 0 Å². The molecular weight excluding hydrogens is 238 g/mol. The average molecular weight is 257 g/mol. The van der Waals surface area contributed by atoms with Crippen LogP contribution in [-0.2, 0) is 0 Å². The topological polar surface area (TPSA) is 42.2 Å². The van der Waals surface area contributed by atoms with Crippen LogP contribution in [-0.4, -0.2) is 29.1 Å². The smallest absolute Gasteiger partial charge is 0.185 e. The minimum atomic E-state index is 0.0999. The maximum atomic E-state index is 5.93. The van der Waals surface area contributed by atoms with Crippen molar-refractivity contribution < 1.29 is 0 Å². The van der Waals surface area contributed by atoms with E-state index in [1.54, 1.807) is 11.3 Å². The van der Waals surface area contributed by atoms with Crippen molar-refractivity contribution in [3.63, 3.8) is 0 Å². The summed E-state index contributed by atoms with van der Waals surface area (Å²) in [7, 11) is 0. The fourth-order valence-electron chi connectivity index (χ4n) is 1.94. The van der Waals surface area contributed by atoms with Crippen molar-refractivity contribution in [3.05, 3.63) is 10.6 Å². The van der Waals surface area contributed by atoms with Crippen molar-refractivity contribution in [1.29, 1.82) is 0 Å². The van der Waals surface area contributed by atoms with Crippen molar-refractivity contribution in [3.8, 4) is 0 Å². The number of nitrogens with zero attached hydrogens (tertiary/aromatic N) is 2. The molecule has 0 saturated carbocycles. The number of nitrogens with two attached hydrogens (primary N) is 1. The first-order chi connectivity index (χ1) is 7.58. The number of thioether (sulfide) groups is 1. The maximum absolute atomic E-state index is 5.93. The maximum Gasteiger partial charge on any atom is 0.185 e. The Morgan fingerprint density at radius 3 is 2.88 bits per heavy atom. The van der Waals surface area contributed by atoms with E-state index in [1.807, 2.05) is 18.7 Å². The second kappa shape index (κ2) is 4.94. The SMILES string of the molecule is Cc1nc(N2CCSC(C)C2)sc1C(C)N. The highest BCUT2D eigenvalue weighted by Crippen LogP contribution is 2.32. The summed E-state index contributed by atoms with van der Waals surface area (Å²) in [5.74, 6) is 1.20. The van der Waals surface area contributed by atoms with E-state index in [1.165, 1.54) is 10.6 Å². The third-order valence-electron chi connectivity index (χ3n) is 2.75. The van der Waals surface area contributed by atoms with Crippen LogP contribution in [0.1, 0.15) is 30.5 Å². The van der Waals surface area contributed by atoms with E-state index >= 15 is 0 Å². The zero-order valence-electron chi connectivity index (χ0n) is 10.1. The summed E-state index contributed by atoms with van der Waals surface area (Å²) in [5, 5.41) is 1.86. The number of hydrogen-bond acceptors (Lipinski definition) is 5. The molecule has 90 valence electrons. The standard InChI is InChI=1S/C11H19N3S2/c1-7-6-14(4-5-15-7)11-13-9(3)10(16-11)8(2)12/h7-8H,4-6,12H2,1-3H3. The number of aryl methyl sites for hydroxylation is 1. The summed E-state index contributed by atoms with van der Waals surface area (Å²) < 4.78 is 0. The number of anilines is 1. The molecule has 1 aromatic rings. The van der Waals surface area contributed by atoms with E-state index in [-0.39, 0.29) is 6.04 Å². The Labute approximate surface area is 105 Å². The van der Waals surface area contributed by atoms with Crippen LogP contribution in [0.25, 0.3) is 0 Å². The van der Waals surface area contributed by atoms with Gasteiger partial charge in [-0.15, -0.1) is 11.3 Å². The Kier molecular flexibility index (Phi) is 3.77. The van der Waals surface area contributed by atoms with Crippen molar-refractivity contribution in [1.82, 2.24) is 4.98 Å². The van der Waals surface area contributed by atoms with Crippen LogP contribution in [0.3, 0.4) is 0 Å². The first-order valence-corrected chi connectivity index (χ1v) is 7.54. The molecule has 2 atom stereocenters. The first kappa shape index (κ1) is 12.2. The van der Waals surface area contributed by atoms with E-state index in [0.29, 0.717) is 5.25 Å². The van der Waals surface area contributed by atoms with Gasteiger partial charge in [-0.1, -0.05) is 6.92 Å². The third kappa shape index (κ3) is 2.52. The van der Waals surface area contributed by atoms with E-state index in [9.17, 15) is 0 Å². The number of thiazole rings is 1. The summed E-state index contributed by atoms with van der Waals surface area (Å²) in [6.07, 6.45) is 0. The monoisotopic (exact) mass is 257 g/mol. The summed E-state index contributed by atoms with van der Waals surface area (Å²) in [6, 6.07) is 0.0999. The van der Waals surface area contributed by atoms with Crippen molar-refractivity contribution >= 4 is 28.2 Å². The molecule has 1 fully saturated rings. The van der Waals surface area contributed by atoms with Crippen LogP contribution < -0.4 is 10.6 Å². The molecule has 2 N–H and O–H groups in total. The van der Waals surface area contributed by atoms with Crippen LogP contribution >= 0.6 is 23.1 Å². The molecule has 1 aliphatic heterocycles. The van der Waals surface area contributed by atoms with Gasteiger partial charge in [0.2, 0.25) is 0 Å². The van der Waals surface area contributed by atoms with Gasteiger partial charge in [0.15, 0.2) is 5.13 Å². The zero-order chi connectivity index (χ0) is 11.7. The lowest BCUT2D eigenvalue weighted by molar-refractivity contribution is 0.777. The van der Waals surface area contributed by atoms with E-state index in [2.05, 4.69) is 23.7 Å².